The van der Waals surface area contributed by atoms with E-state index in [4.69, 9.17) is 5.73 Å². The summed E-state index contributed by atoms with van der Waals surface area (Å²) in [6.45, 7) is 2.93. The fourth-order valence-corrected chi connectivity index (χ4v) is 2.49. The van der Waals surface area contributed by atoms with Gasteiger partial charge in [0, 0.05) is 25.6 Å². The van der Waals surface area contributed by atoms with Gasteiger partial charge >= 0.3 is 0 Å². The van der Waals surface area contributed by atoms with Crippen LogP contribution in [0, 0.1) is 11.8 Å². The molecule has 1 saturated carbocycles. The van der Waals surface area contributed by atoms with E-state index in [0.717, 1.165) is 19.3 Å². The molecule has 0 aromatic rings. The number of rotatable bonds is 6. The van der Waals surface area contributed by atoms with Crippen LogP contribution in [0.2, 0.25) is 0 Å². The van der Waals surface area contributed by atoms with Crippen molar-refractivity contribution in [1.29, 1.82) is 0 Å². The van der Waals surface area contributed by atoms with Crippen LogP contribution in [0.5, 0.6) is 0 Å². The standard InChI is InChI=1S/C13H26N2O2/c1-2-12(14)7-13(17)15-8-10-5-3-4-6-11(10)9-16/h10-12,16H,2-9,14H2,1H3,(H,15,17). The number of aliphatic hydroxyl groups is 1. The first-order valence-corrected chi connectivity index (χ1v) is 6.80. The summed E-state index contributed by atoms with van der Waals surface area (Å²) < 4.78 is 0. The zero-order valence-corrected chi connectivity index (χ0v) is 10.8. The third-order valence-electron chi connectivity index (χ3n) is 3.83. The van der Waals surface area contributed by atoms with Gasteiger partial charge in [-0.3, -0.25) is 4.79 Å². The fourth-order valence-electron chi connectivity index (χ4n) is 2.49. The van der Waals surface area contributed by atoms with E-state index < -0.39 is 0 Å². The fraction of sp³-hybridized carbons (Fsp3) is 0.923. The first-order chi connectivity index (χ1) is 8.17. The van der Waals surface area contributed by atoms with E-state index in [1.54, 1.807) is 0 Å². The van der Waals surface area contributed by atoms with Crippen molar-refractivity contribution in [3.63, 3.8) is 0 Å². The van der Waals surface area contributed by atoms with Crippen LogP contribution in [-0.2, 0) is 4.79 Å². The van der Waals surface area contributed by atoms with E-state index in [9.17, 15) is 9.90 Å². The van der Waals surface area contributed by atoms with Crippen LogP contribution in [-0.4, -0.2) is 30.2 Å². The van der Waals surface area contributed by atoms with Crippen molar-refractivity contribution in [3.05, 3.63) is 0 Å². The predicted octanol–water partition coefficient (Wildman–Crippen LogP) is 1.03. The molecule has 1 aliphatic carbocycles. The first-order valence-electron chi connectivity index (χ1n) is 6.80. The van der Waals surface area contributed by atoms with Gasteiger partial charge in [-0.1, -0.05) is 19.8 Å². The molecule has 4 N–H and O–H groups in total. The highest BCUT2D eigenvalue weighted by Gasteiger charge is 2.24. The van der Waals surface area contributed by atoms with Crippen LogP contribution in [0.15, 0.2) is 0 Å². The maximum atomic E-state index is 11.6. The summed E-state index contributed by atoms with van der Waals surface area (Å²) in [6.07, 6.45) is 5.86. The topological polar surface area (TPSA) is 75.4 Å². The summed E-state index contributed by atoms with van der Waals surface area (Å²) in [5.74, 6) is 0.848. The van der Waals surface area contributed by atoms with Crippen molar-refractivity contribution in [2.24, 2.45) is 17.6 Å². The van der Waals surface area contributed by atoms with E-state index >= 15 is 0 Å². The summed E-state index contributed by atoms with van der Waals surface area (Å²) in [7, 11) is 0. The van der Waals surface area contributed by atoms with Crippen molar-refractivity contribution in [3.8, 4) is 0 Å². The zero-order valence-electron chi connectivity index (χ0n) is 10.8. The quantitative estimate of drug-likeness (QED) is 0.651. The van der Waals surface area contributed by atoms with E-state index in [0.29, 0.717) is 24.8 Å². The molecule has 0 aliphatic heterocycles. The molecule has 17 heavy (non-hydrogen) atoms. The average Bonchev–Trinajstić information content (AvgIpc) is 2.36. The SMILES string of the molecule is CCC(N)CC(=O)NCC1CCCCC1CO. The molecule has 4 nitrogen and oxygen atoms in total. The molecule has 0 heterocycles. The van der Waals surface area contributed by atoms with Crippen LogP contribution >= 0.6 is 0 Å². The molecule has 0 bridgehead atoms. The molecule has 0 aromatic carbocycles. The van der Waals surface area contributed by atoms with Crippen LogP contribution in [0.1, 0.15) is 45.4 Å². The normalized spacial score (nSPS) is 26.5. The summed E-state index contributed by atoms with van der Waals surface area (Å²) in [6, 6.07) is -0.0324. The molecule has 3 atom stereocenters. The Morgan fingerprint density at radius 3 is 2.65 bits per heavy atom. The van der Waals surface area contributed by atoms with Crippen molar-refractivity contribution in [2.75, 3.05) is 13.2 Å². The lowest BCUT2D eigenvalue weighted by atomic mass is 9.79. The number of hydrogen-bond acceptors (Lipinski definition) is 3. The molecular weight excluding hydrogens is 216 g/mol. The number of aliphatic hydroxyl groups excluding tert-OH is 1. The Kier molecular flexibility index (Phi) is 6.52. The maximum Gasteiger partial charge on any atom is 0.221 e. The molecule has 0 aromatic heterocycles. The molecule has 100 valence electrons. The predicted molar refractivity (Wildman–Crippen MR) is 68.4 cm³/mol. The molecule has 1 aliphatic rings. The van der Waals surface area contributed by atoms with E-state index in [-0.39, 0.29) is 18.6 Å². The largest absolute Gasteiger partial charge is 0.396 e. The van der Waals surface area contributed by atoms with Gasteiger partial charge in [0.1, 0.15) is 0 Å². The number of nitrogens with one attached hydrogen (secondary N) is 1. The van der Waals surface area contributed by atoms with Gasteiger partial charge in [0.15, 0.2) is 0 Å². The minimum atomic E-state index is -0.0324. The highest BCUT2D eigenvalue weighted by molar-refractivity contribution is 5.76. The molecule has 1 rings (SSSR count). The number of nitrogens with two attached hydrogens (primary N) is 1. The molecule has 1 fully saturated rings. The second kappa shape index (κ2) is 7.67. The summed E-state index contributed by atoms with van der Waals surface area (Å²) in [5.41, 5.74) is 5.74. The Morgan fingerprint density at radius 1 is 1.41 bits per heavy atom. The van der Waals surface area contributed by atoms with E-state index in [1.807, 2.05) is 6.92 Å². The molecule has 0 radical (unpaired) electrons. The van der Waals surface area contributed by atoms with Crippen LogP contribution in [0.3, 0.4) is 0 Å². The smallest absolute Gasteiger partial charge is 0.221 e. The summed E-state index contributed by atoms with van der Waals surface area (Å²) in [5, 5.41) is 12.2. The molecular formula is C13H26N2O2. The highest BCUT2D eigenvalue weighted by atomic mass is 16.3. The van der Waals surface area contributed by atoms with E-state index in [2.05, 4.69) is 5.32 Å². The van der Waals surface area contributed by atoms with Crippen molar-refractivity contribution >= 4 is 5.91 Å². The third-order valence-corrected chi connectivity index (χ3v) is 3.83. The average molecular weight is 242 g/mol. The summed E-state index contributed by atoms with van der Waals surface area (Å²) >= 11 is 0. The number of hydrogen-bond donors (Lipinski definition) is 3. The third kappa shape index (κ3) is 5.04. The van der Waals surface area contributed by atoms with Crippen LogP contribution < -0.4 is 11.1 Å². The van der Waals surface area contributed by atoms with Gasteiger partial charge in [0.05, 0.1) is 0 Å². The van der Waals surface area contributed by atoms with Gasteiger partial charge in [-0.05, 0) is 31.1 Å². The number of amides is 1. The van der Waals surface area contributed by atoms with Crippen molar-refractivity contribution in [2.45, 2.75) is 51.5 Å². The molecule has 0 saturated heterocycles. The Labute approximate surface area is 104 Å². The lowest BCUT2D eigenvalue weighted by molar-refractivity contribution is -0.121. The van der Waals surface area contributed by atoms with E-state index in [1.165, 1.54) is 12.8 Å². The molecule has 3 unspecified atom stereocenters. The Morgan fingerprint density at radius 2 is 2.06 bits per heavy atom. The van der Waals surface area contributed by atoms with Gasteiger partial charge in [-0.2, -0.15) is 0 Å². The van der Waals surface area contributed by atoms with Gasteiger partial charge in [0.2, 0.25) is 5.91 Å². The summed E-state index contributed by atoms with van der Waals surface area (Å²) in [4.78, 5) is 11.6. The number of carbonyl (C=O) groups excluding carboxylic acids is 1. The van der Waals surface area contributed by atoms with Crippen molar-refractivity contribution < 1.29 is 9.90 Å². The minimum absolute atomic E-state index is 0.0324. The monoisotopic (exact) mass is 242 g/mol. The minimum Gasteiger partial charge on any atom is -0.396 e. The Balaban J connectivity index is 2.26. The second-order valence-corrected chi connectivity index (χ2v) is 5.16. The van der Waals surface area contributed by atoms with Crippen LogP contribution in [0.4, 0.5) is 0 Å². The molecule has 4 heteroatoms. The first kappa shape index (κ1) is 14.5. The van der Waals surface area contributed by atoms with Gasteiger partial charge in [0.25, 0.3) is 0 Å². The highest BCUT2D eigenvalue weighted by Crippen LogP contribution is 2.29. The number of carbonyl (C=O) groups is 1. The van der Waals surface area contributed by atoms with Gasteiger partial charge in [-0.25, -0.2) is 0 Å². The van der Waals surface area contributed by atoms with Gasteiger partial charge in [-0.15, -0.1) is 0 Å². The van der Waals surface area contributed by atoms with Gasteiger partial charge < -0.3 is 16.2 Å². The Hall–Kier alpha value is -0.610. The zero-order chi connectivity index (χ0) is 12.7. The molecule has 0 spiro atoms. The van der Waals surface area contributed by atoms with Crippen molar-refractivity contribution in [1.82, 2.24) is 5.32 Å². The second-order valence-electron chi connectivity index (χ2n) is 5.16. The Bertz CT molecular complexity index is 233. The lowest BCUT2D eigenvalue weighted by Crippen LogP contribution is -2.37. The maximum absolute atomic E-state index is 11.6. The molecule has 1 amide bonds. The van der Waals surface area contributed by atoms with Crippen LogP contribution in [0.25, 0.3) is 0 Å². The lowest BCUT2D eigenvalue weighted by Gasteiger charge is -2.30.